The van der Waals surface area contributed by atoms with E-state index in [2.05, 4.69) is 20.6 Å². The number of fused-ring (bicyclic) bond motifs is 1. The van der Waals surface area contributed by atoms with Gasteiger partial charge < -0.3 is 29.7 Å². The predicted octanol–water partition coefficient (Wildman–Crippen LogP) is 1.63. The monoisotopic (exact) mass is 499 g/mol. The lowest BCUT2D eigenvalue weighted by atomic mass is 9.92. The van der Waals surface area contributed by atoms with E-state index in [-0.39, 0.29) is 35.6 Å². The molecule has 192 valence electrons. The molecule has 2 aromatic rings. The van der Waals surface area contributed by atoms with Crippen molar-refractivity contribution in [3.05, 3.63) is 34.1 Å². The Morgan fingerprint density at radius 1 is 1.17 bits per heavy atom. The Morgan fingerprint density at radius 2 is 1.92 bits per heavy atom. The van der Waals surface area contributed by atoms with Crippen molar-refractivity contribution in [3.8, 4) is 11.5 Å². The molecule has 36 heavy (non-hydrogen) atoms. The first-order valence-corrected chi connectivity index (χ1v) is 11.7. The van der Waals surface area contributed by atoms with Crippen LogP contribution in [0.15, 0.2) is 23.0 Å². The highest BCUT2D eigenvalue weighted by molar-refractivity contribution is 6.05. The fourth-order valence-corrected chi connectivity index (χ4v) is 4.45. The van der Waals surface area contributed by atoms with Gasteiger partial charge in [-0.1, -0.05) is 0 Å². The molecule has 2 aliphatic heterocycles. The van der Waals surface area contributed by atoms with Crippen LogP contribution in [0.5, 0.6) is 11.5 Å². The number of H-pyrrole nitrogens is 1. The Labute approximate surface area is 207 Å². The molecule has 2 aliphatic rings. The number of methoxy groups -OCH3 is 2. The zero-order valence-corrected chi connectivity index (χ0v) is 20.4. The molecule has 12 heteroatoms. The quantitative estimate of drug-likeness (QED) is 0.483. The number of ether oxygens (including phenoxy) is 3. The van der Waals surface area contributed by atoms with Gasteiger partial charge in [0.2, 0.25) is 17.8 Å². The number of amides is 2. The minimum Gasteiger partial charge on any atom is -0.497 e. The van der Waals surface area contributed by atoms with E-state index in [9.17, 15) is 19.2 Å². The molecule has 0 spiro atoms. The SMILES string of the molecule is CCOC(=O)C1CCN(c2nc3c(c(=O)[nH]2)[C@@H](C(=O)Nc2cc(OC)ccc2OC)CC(=O)N3)CC1. The molecule has 4 rings (SSSR count). The van der Waals surface area contributed by atoms with Crippen molar-refractivity contribution in [1.82, 2.24) is 9.97 Å². The van der Waals surface area contributed by atoms with Crippen LogP contribution < -0.4 is 30.6 Å². The van der Waals surface area contributed by atoms with Gasteiger partial charge in [0.05, 0.1) is 43.9 Å². The van der Waals surface area contributed by atoms with Crippen LogP contribution in [0.3, 0.4) is 0 Å². The molecule has 2 amide bonds. The molecule has 0 aliphatic carbocycles. The van der Waals surface area contributed by atoms with Crippen LogP contribution in [-0.4, -0.2) is 61.7 Å². The third-order valence-corrected chi connectivity index (χ3v) is 6.33. The van der Waals surface area contributed by atoms with Crippen LogP contribution in [0.4, 0.5) is 17.5 Å². The molecule has 1 aromatic carbocycles. The molecule has 3 heterocycles. The number of anilines is 3. The normalized spacial score (nSPS) is 17.6. The number of benzene rings is 1. The fourth-order valence-electron chi connectivity index (χ4n) is 4.45. The van der Waals surface area contributed by atoms with Crippen molar-refractivity contribution in [2.24, 2.45) is 5.92 Å². The fraction of sp³-hybridized carbons (Fsp3) is 0.458. The number of aromatic amines is 1. The molecule has 0 saturated carbocycles. The summed E-state index contributed by atoms with van der Waals surface area (Å²) in [7, 11) is 2.96. The third kappa shape index (κ3) is 5.11. The van der Waals surface area contributed by atoms with E-state index in [0.717, 1.165) is 0 Å². The molecule has 0 bridgehead atoms. The Balaban J connectivity index is 1.56. The minimum absolute atomic E-state index is 0.0512. The van der Waals surface area contributed by atoms with Crippen LogP contribution in [0.1, 0.15) is 37.7 Å². The molecule has 12 nitrogen and oxygen atoms in total. The summed E-state index contributed by atoms with van der Waals surface area (Å²) in [5, 5.41) is 5.36. The highest BCUT2D eigenvalue weighted by atomic mass is 16.5. The largest absolute Gasteiger partial charge is 0.497 e. The van der Waals surface area contributed by atoms with Gasteiger partial charge in [-0.05, 0) is 31.9 Å². The van der Waals surface area contributed by atoms with Gasteiger partial charge in [-0.15, -0.1) is 0 Å². The van der Waals surface area contributed by atoms with Gasteiger partial charge in [-0.3, -0.25) is 24.2 Å². The number of hydrogen-bond acceptors (Lipinski definition) is 9. The van der Waals surface area contributed by atoms with E-state index in [0.29, 0.717) is 49.7 Å². The van der Waals surface area contributed by atoms with Gasteiger partial charge in [0.1, 0.15) is 17.3 Å². The van der Waals surface area contributed by atoms with Gasteiger partial charge in [0.25, 0.3) is 5.56 Å². The summed E-state index contributed by atoms with van der Waals surface area (Å²) >= 11 is 0. The topological polar surface area (TPSA) is 152 Å². The number of carbonyl (C=O) groups excluding carboxylic acids is 3. The molecule has 1 fully saturated rings. The maximum atomic E-state index is 13.2. The summed E-state index contributed by atoms with van der Waals surface area (Å²) < 4.78 is 15.6. The lowest BCUT2D eigenvalue weighted by molar-refractivity contribution is -0.148. The number of esters is 1. The van der Waals surface area contributed by atoms with E-state index in [1.54, 1.807) is 25.1 Å². The molecular formula is C24H29N5O7. The first-order valence-electron chi connectivity index (χ1n) is 11.7. The first-order chi connectivity index (χ1) is 17.3. The average molecular weight is 500 g/mol. The number of nitrogens with one attached hydrogen (secondary N) is 3. The molecule has 0 radical (unpaired) electrons. The molecular weight excluding hydrogens is 470 g/mol. The second-order valence-electron chi connectivity index (χ2n) is 8.53. The summed E-state index contributed by atoms with van der Waals surface area (Å²) in [6, 6.07) is 4.91. The molecule has 1 saturated heterocycles. The van der Waals surface area contributed by atoms with Crippen LogP contribution in [0, 0.1) is 5.92 Å². The second-order valence-corrected chi connectivity index (χ2v) is 8.53. The van der Waals surface area contributed by atoms with Gasteiger partial charge in [-0.25, -0.2) is 0 Å². The van der Waals surface area contributed by atoms with Crippen molar-refractivity contribution in [2.75, 3.05) is 49.4 Å². The Hall–Kier alpha value is -4.09. The summed E-state index contributed by atoms with van der Waals surface area (Å²) in [5.41, 5.74) is -0.0840. The van der Waals surface area contributed by atoms with E-state index < -0.39 is 23.3 Å². The summed E-state index contributed by atoms with van der Waals surface area (Å²) in [5.74, 6) is -1.22. The molecule has 1 atom stereocenters. The van der Waals surface area contributed by atoms with E-state index in [1.807, 2.05) is 4.90 Å². The number of piperidine rings is 1. The van der Waals surface area contributed by atoms with Crippen LogP contribution in [0.2, 0.25) is 0 Å². The second kappa shape index (κ2) is 10.7. The summed E-state index contributed by atoms with van der Waals surface area (Å²) in [6.45, 7) is 3.07. The van der Waals surface area contributed by atoms with Crippen molar-refractivity contribution in [1.29, 1.82) is 0 Å². The predicted molar refractivity (Wildman–Crippen MR) is 131 cm³/mol. The zero-order valence-electron chi connectivity index (χ0n) is 20.4. The standard InChI is InChI=1S/C24H29N5O7/c1-4-36-23(33)13-7-9-29(10-8-13)24-27-20-19(22(32)28-24)15(12-18(30)26-20)21(31)25-16-11-14(34-2)5-6-17(16)35-3/h5-6,11,13,15H,4,7-10,12H2,1-3H3,(H,25,31)(H2,26,27,28,30,32)/t15-/m0/s1. The number of hydrogen-bond donors (Lipinski definition) is 3. The smallest absolute Gasteiger partial charge is 0.309 e. The van der Waals surface area contributed by atoms with E-state index >= 15 is 0 Å². The van der Waals surface area contributed by atoms with Crippen molar-refractivity contribution in [2.45, 2.75) is 32.1 Å². The maximum absolute atomic E-state index is 13.2. The van der Waals surface area contributed by atoms with Gasteiger partial charge in [-0.2, -0.15) is 4.98 Å². The van der Waals surface area contributed by atoms with Crippen LogP contribution in [-0.2, 0) is 19.1 Å². The Kier molecular flexibility index (Phi) is 7.41. The van der Waals surface area contributed by atoms with Crippen molar-refractivity contribution < 1.29 is 28.6 Å². The maximum Gasteiger partial charge on any atom is 0.309 e. The minimum atomic E-state index is -1.05. The molecule has 0 unspecified atom stereocenters. The van der Waals surface area contributed by atoms with Gasteiger partial charge >= 0.3 is 5.97 Å². The number of aromatic nitrogens is 2. The van der Waals surface area contributed by atoms with Gasteiger partial charge in [0.15, 0.2) is 0 Å². The molecule has 1 aromatic heterocycles. The highest BCUT2D eigenvalue weighted by Gasteiger charge is 2.36. The number of nitrogens with zero attached hydrogens (tertiary/aromatic N) is 2. The van der Waals surface area contributed by atoms with Crippen molar-refractivity contribution >= 4 is 35.2 Å². The van der Waals surface area contributed by atoms with E-state index in [4.69, 9.17) is 14.2 Å². The van der Waals surface area contributed by atoms with Gasteiger partial charge in [0, 0.05) is 25.6 Å². The number of carbonyl (C=O) groups is 3. The van der Waals surface area contributed by atoms with E-state index in [1.165, 1.54) is 14.2 Å². The van der Waals surface area contributed by atoms with Crippen LogP contribution >= 0.6 is 0 Å². The first kappa shape index (κ1) is 25.0. The summed E-state index contributed by atoms with van der Waals surface area (Å²) in [4.78, 5) is 59.8. The third-order valence-electron chi connectivity index (χ3n) is 6.33. The summed E-state index contributed by atoms with van der Waals surface area (Å²) in [6.07, 6.45) is 0.902. The Bertz CT molecular complexity index is 1220. The lowest BCUT2D eigenvalue weighted by Crippen LogP contribution is -2.41. The Morgan fingerprint density at radius 3 is 2.58 bits per heavy atom. The van der Waals surface area contributed by atoms with Crippen LogP contribution in [0.25, 0.3) is 0 Å². The zero-order chi connectivity index (χ0) is 25.8. The average Bonchev–Trinajstić information content (AvgIpc) is 2.88. The highest BCUT2D eigenvalue weighted by Crippen LogP contribution is 2.34. The van der Waals surface area contributed by atoms with Crippen molar-refractivity contribution in [3.63, 3.8) is 0 Å². The number of rotatable bonds is 7. The molecule has 3 N–H and O–H groups in total. The lowest BCUT2D eigenvalue weighted by Gasteiger charge is -2.32.